The highest BCUT2D eigenvalue weighted by atomic mass is 32.1. The average molecular weight is 298 g/mol. The third-order valence-electron chi connectivity index (χ3n) is 3.03. The van der Waals surface area contributed by atoms with Gasteiger partial charge in [0.05, 0.1) is 5.01 Å². The van der Waals surface area contributed by atoms with Crippen molar-refractivity contribution in [3.05, 3.63) is 16.6 Å². The van der Waals surface area contributed by atoms with E-state index in [1.165, 1.54) is 0 Å². The van der Waals surface area contributed by atoms with Crippen molar-refractivity contribution < 1.29 is 14.7 Å². The second kappa shape index (κ2) is 8.68. The highest BCUT2D eigenvalue weighted by Crippen LogP contribution is 2.10. The maximum atomic E-state index is 12.2. The second-order valence-corrected chi connectivity index (χ2v) is 5.94. The van der Waals surface area contributed by atoms with Crippen molar-refractivity contribution in [3.8, 4) is 0 Å². The Hall–Kier alpha value is -1.43. The van der Waals surface area contributed by atoms with Gasteiger partial charge in [0.1, 0.15) is 0 Å². The molecule has 0 bridgehead atoms. The molecule has 1 N–H and O–H groups in total. The Morgan fingerprint density at radius 3 is 2.60 bits per heavy atom. The number of carbonyl (C=O) groups excluding carboxylic acids is 1. The monoisotopic (exact) mass is 298 g/mol. The maximum absolute atomic E-state index is 12.2. The van der Waals surface area contributed by atoms with Gasteiger partial charge < -0.3 is 10.0 Å². The molecule has 0 saturated heterocycles. The molecule has 20 heavy (non-hydrogen) atoms. The minimum absolute atomic E-state index is 0.0990. The molecule has 0 radical (unpaired) electrons. The lowest BCUT2D eigenvalue weighted by Gasteiger charge is -2.26. The topological polar surface area (TPSA) is 70.5 Å². The molecule has 0 aliphatic heterocycles. The minimum Gasteiger partial charge on any atom is -0.481 e. The van der Waals surface area contributed by atoms with Crippen LogP contribution in [0.25, 0.3) is 0 Å². The Morgan fingerprint density at radius 1 is 1.35 bits per heavy atom. The largest absolute Gasteiger partial charge is 0.481 e. The Bertz CT molecular complexity index is 418. The standard InChI is InChI=1S/C14H22N2O3S/c1-11(2)16(9-7-12-15-8-10-20-12)13(17)5-3-4-6-14(18)19/h8,10-11H,3-7,9H2,1-2H3,(H,18,19). The minimum atomic E-state index is -0.804. The van der Waals surface area contributed by atoms with E-state index in [1.807, 2.05) is 24.1 Å². The summed E-state index contributed by atoms with van der Waals surface area (Å²) in [5, 5.41) is 11.5. The summed E-state index contributed by atoms with van der Waals surface area (Å²) in [5.74, 6) is -0.705. The predicted molar refractivity (Wildman–Crippen MR) is 78.8 cm³/mol. The molecule has 0 unspecified atom stereocenters. The van der Waals surface area contributed by atoms with Gasteiger partial charge >= 0.3 is 5.97 Å². The van der Waals surface area contributed by atoms with E-state index in [2.05, 4.69) is 4.98 Å². The van der Waals surface area contributed by atoms with Gasteiger partial charge in [0, 0.05) is 43.4 Å². The van der Waals surface area contributed by atoms with Crippen LogP contribution >= 0.6 is 11.3 Å². The van der Waals surface area contributed by atoms with Gasteiger partial charge in [-0.25, -0.2) is 4.98 Å². The normalized spacial score (nSPS) is 10.8. The Labute approximate surface area is 123 Å². The summed E-state index contributed by atoms with van der Waals surface area (Å²) in [4.78, 5) is 28.6. The summed E-state index contributed by atoms with van der Waals surface area (Å²) >= 11 is 1.60. The number of unbranched alkanes of at least 4 members (excludes halogenated alkanes) is 1. The molecule has 6 heteroatoms. The summed E-state index contributed by atoms with van der Waals surface area (Å²) in [6, 6.07) is 0.155. The highest BCUT2D eigenvalue weighted by molar-refractivity contribution is 7.09. The van der Waals surface area contributed by atoms with E-state index in [1.54, 1.807) is 17.5 Å². The number of carboxylic acid groups (broad SMARTS) is 1. The first-order chi connectivity index (χ1) is 9.50. The molecular formula is C14H22N2O3S. The van der Waals surface area contributed by atoms with Gasteiger partial charge in [-0.1, -0.05) is 0 Å². The molecule has 1 aromatic heterocycles. The van der Waals surface area contributed by atoms with Gasteiger partial charge in [0.2, 0.25) is 5.91 Å². The van der Waals surface area contributed by atoms with Gasteiger partial charge in [-0.3, -0.25) is 9.59 Å². The first kappa shape index (κ1) is 16.6. The molecule has 0 saturated carbocycles. The molecule has 0 spiro atoms. The lowest BCUT2D eigenvalue weighted by Crippen LogP contribution is -2.38. The summed E-state index contributed by atoms with van der Waals surface area (Å²) < 4.78 is 0. The Balaban J connectivity index is 2.36. The van der Waals surface area contributed by atoms with Crippen LogP contribution < -0.4 is 0 Å². The fraction of sp³-hybridized carbons (Fsp3) is 0.643. The van der Waals surface area contributed by atoms with Gasteiger partial charge in [0.25, 0.3) is 0 Å². The van der Waals surface area contributed by atoms with Crippen LogP contribution in [0.4, 0.5) is 0 Å². The number of hydrogen-bond acceptors (Lipinski definition) is 4. The van der Waals surface area contributed by atoms with E-state index < -0.39 is 5.97 Å². The molecule has 1 aromatic rings. The molecule has 5 nitrogen and oxygen atoms in total. The third kappa shape index (κ3) is 6.14. The number of nitrogens with zero attached hydrogens (tertiary/aromatic N) is 2. The van der Waals surface area contributed by atoms with Crippen molar-refractivity contribution in [3.63, 3.8) is 0 Å². The van der Waals surface area contributed by atoms with Crippen molar-refractivity contribution in [2.75, 3.05) is 6.54 Å². The third-order valence-corrected chi connectivity index (χ3v) is 3.86. The summed E-state index contributed by atoms with van der Waals surface area (Å²) in [7, 11) is 0. The summed E-state index contributed by atoms with van der Waals surface area (Å²) in [6.45, 7) is 4.66. The number of hydrogen-bond donors (Lipinski definition) is 1. The van der Waals surface area contributed by atoms with Gasteiger partial charge in [-0.2, -0.15) is 0 Å². The molecule has 1 rings (SSSR count). The van der Waals surface area contributed by atoms with E-state index in [-0.39, 0.29) is 18.4 Å². The fourth-order valence-electron chi connectivity index (χ4n) is 1.96. The molecule has 1 amide bonds. The van der Waals surface area contributed by atoms with Crippen LogP contribution in [0.2, 0.25) is 0 Å². The molecular weight excluding hydrogens is 276 g/mol. The first-order valence-electron chi connectivity index (χ1n) is 6.90. The Morgan fingerprint density at radius 2 is 2.05 bits per heavy atom. The lowest BCUT2D eigenvalue weighted by atomic mass is 10.1. The number of carbonyl (C=O) groups is 2. The zero-order valence-corrected chi connectivity index (χ0v) is 12.9. The van der Waals surface area contributed by atoms with Crippen molar-refractivity contribution in [1.29, 1.82) is 0 Å². The second-order valence-electron chi connectivity index (χ2n) is 4.96. The van der Waals surface area contributed by atoms with Gasteiger partial charge in [-0.05, 0) is 26.7 Å². The summed E-state index contributed by atoms with van der Waals surface area (Å²) in [5.41, 5.74) is 0. The predicted octanol–water partition coefficient (Wildman–Crippen LogP) is 2.57. The number of aromatic nitrogens is 1. The maximum Gasteiger partial charge on any atom is 0.303 e. The Kier molecular flexibility index (Phi) is 7.22. The highest BCUT2D eigenvalue weighted by Gasteiger charge is 2.16. The molecule has 0 aliphatic rings. The lowest BCUT2D eigenvalue weighted by molar-refractivity contribution is -0.138. The van der Waals surface area contributed by atoms with E-state index >= 15 is 0 Å². The number of amides is 1. The number of thiazole rings is 1. The van der Waals surface area contributed by atoms with Gasteiger partial charge in [0.15, 0.2) is 0 Å². The molecule has 0 fully saturated rings. The van der Waals surface area contributed by atoms with Crippen molar-refractivity contribution in [2.45, 2.75) is 52.0 Å². The van der Waals surface area contributed by atoms with E-state index in [4.69, 9.17) is 5.11 Å². The smallest absolute Gasteiger partial charge is 0.303 e. The average Bonchev–Trinajstić information content (AvgIpc) is 2.87. The van der Waals surface area contributed by atoms with E-state index in [9.17, 15) is 9.59 Å². The molecule has 112 valence electrons. The summed E-state index contributed by atoms with van der Waals surface area (Å²) in [6.07, 6.45) is 4.28. The zero-order chi connectivity index (χ0) is 15.0. The number of carboxylic acids is 1. The van der Waals surface area contributed by atoms with Crippen LogP contribution in [0.15, 0.2) is 11.6 Å². The van der Waals surface area contributed by atoms with Crippen molar-refractivity contribution >= 4 is 23.2 Å². The van der Waals surface area contributed by atoms with E-state index in [0.717, 1.165) is 11.4 Å². The molecule has 1 heterocycles. The van der Waals surface area contributed by atoms with Crippen LogP contribution in [0.1, 0.15) is 44.5 Å². The van der Waals surface area contributed by atoms with Crippen molar-refractivity contribution in [1.82, 2.24) is 9.88 Å². The van der Waals surface area contributed by atoms with Crippen LogP contribution in [0.5, 0.6) is 0 Å². The van der Waals surface area contributed by atoms with Crippen LogP contribution in [0.3, 0.4) is 0 Å². The molecule has 0 aliphatic carbocycles. The van der Waals surface area contributed by atoms with Crippen LogP contribution in [0, 0.1) is 0 Å². The number of aliphatic carboxylic acids is 1. The van der Waals surface area contributed by atoms with Crippen molar-refractivity contribution in [2.24, 2.45) is 0 Å². The molecule has 0 aromatic carbocycles. The van der Waals surface area contributed by atoms with Crippen LogP contribution in [-0.2, 0) is 16.0 Å². The zero-order valence-electron chi connectivity index (χ0n) is 12.0. The SMILES string of the molecule is CC(C)N(CCc1nccs1)C(=O)CCCCC(=O)O. The van der Waals surface area contributed by atoms with E-state index in [0.29, 0.717) is 25.8 Å². The van der Waals surface area contributed by atoms with Gasteiger partial charge in [-0.15, -0.1) is 11.3 Å². The fourth-order valence-corrected chi connectivity index (χ4v) is 2.57. The van der Waals surface area contributed by atoms with Crippen LogP contribution in [-0.4, -0.2) is 39.5 Å². The quantitative estimate of drug-likeness (QED) is 0.711. The molecule has 0 atom stereocenters. The number of rotatable bonds is 9. The first-order valence-corrected chi connectivity index (χ1v) is 7.78.